The Balaban J connectivity index is 1.96. The summed E-state index contributed by atoms with van der Waals surface area (Å²) < 4.78 is 4.61. The molecule has 2 rings (SSSR count). The maximum absolute atomic E-state index is 11.2. The number of anilines is 1. The van der Waals surface area contributed by atoms with Gasteiger partial charge in [0.1, 0.15) is 10.8 Å². The Hall–Kier alpha value is -2.01. The maximum atomic E-state index is 11.2. The van der Waals surface area contributed by atoms with Crippen LogP contribution in [0.4, 0.5) is 5.69 Å². The third-order valence-corrected chi connectivity index (χ3v) is 2.59. The van der Waals surface area contributed by atoms with Gasteiger partial charge >= 0.3 is 5.97 Å². The molecule has 0 aromatic carbocycles. The number of carbonyl (C=O) groups excluding carboxylic acids is 1. The van der Waals surface area contributed by atoms with Crippen LogP contribution in [0, 0.1) is 0 Å². The first-order valence-corrected chi connectivity index (χ1v) is 5.68. The fraction of sp³-hybridized carbons (Fsp3) is 0.167. The molecule has 0 unspecified atom stereocenters. The molecule has 0 aliphatic heterocycles. The predicted molar refractivity (Wildman–Crippen MR) is 68.7 cm³/mol. The Labute approximate surface area is 109 Å². The van der Waals surface area contributed by atoms with Crippen molar-refractivity contribution in [3.8, 4) is 0 Å². The lowest BCUT2D eigenvalue weighted by molar-refractivity contribution is 0.0594. The first-order chi connectivity index (χ1) is 8.69. The van der Waals surface area contributed by atoms with Crippen LogP contribution in [0.3, 0.4) is 0 Å². The molecule has 2 aromatic rings. The Kier molecular flexibility index (Phi) is 3.84. The van der Waals surface area contributed by atoms with Crippen LogP contribution in [-0.2, 0) is 11.3 Å². The number of carbonyl (C=O) groups is 1. The SMILES string of the molecule is COC(=O)c1ccc(CNc2ccc(Cl)nc2)[nH]1. The number of nitrogens with one attached hydrogen (secondary N) is 2. The van der Waals surface area contributed by atoms with Crippen LogP contribution in [0.25, 0.3) is 0 Å². The van der Waals surface area contributed by atoms with Gasteiger partial charge in [-0.2, -0.15) is 0 Å². The van der Waals surface area contributed by atoms with Crippen molar-refractivity contribution in [2.75, 3.05) is 12.4 Å². The number of rotatable bonds is 4. The van der Waals surface area contributed by atoms with Gasteiger partial charge in [0.2, 0.25) is 0 Å². The van der Waals surface area contributed by atoms with Crippen molar-refractivity contribution in [1.29, 1.82) is 0 Å². The minimum absolute atomic E-state index is 0.380. The van der Waals surface area contributed by atoms with Gasteiger partial charge < -0.3 is 15.0 Å². The Morgan fingerprint density at radius 1 is 1.44 bits per heavy atom. The van der Waals surface area contributed by atoms with E-state index in [1.807, 2.05) is 12.1 Å². The van der Waals surface area contributed by atoms with Gasteiger partial charge in [-0.1, -0.05) is 11.6 Å². The van der Waals surface area contributed by atoms with Crippen LogP contribution < -0.4 is 5.32 Å². The molecule has 0 saturated carbocycles. The van der Waals surface area contributed by atoms with Crippen LogP contribution in [-0.4, -0.2) is 23.0 Å². The quantitative estimate of drug-likeness (QED) is 0.658. The number of H-pyrrole nitrogens is 1. The zero-order chi connectivity index (χ0) is 13.0. The highest BCUT2D eigenvalue weighted by atomic mass is 35.5. The minimum Gasteiger partial charge on any atom is -0.464 e. The summed E-state index contributed by atoms with van der Waals surface area (Å²) in [6, 6.07) is 7.05. The van der Waals surface area contributed by atoms with Crippen molar-refractivity contribution in [3.63, 3.8) is 0 Å². The van der Waals surface area contributed by atoms with Crippen molar-refractivity contribution in [2.24, 2.45) is 0 Å². The zero-order valence-electron chi connectivity index (χ0n) is 9.74. The molecule has 2 aromatic heterocycles. The summed E-state index contributed by atoms with van der Waals surface area (Å²) in [7, 11) is 1.35. The molecule has 5 nitrogen and oxygen atoms in total. The number of esters is 1. The smallest absolute Gasteiger partial charge is 0.354 e. The van der Waals surface area contributed by atoms with Crippen molar-refractivity contribution in [3.05, 3.63) is 47.0 Å². The summed E-state index contributed by atoms with van der Waals surface area (Å²) in [5, 5.41) is 3.61. The summed E-state index contributed by atoms with van der Waals surface area (Å²) in [5.41, 5.74) is 2.17. The predicted octanol–water partition coefficient (Wildman–Crippen LogP) is 2.46. The van der Waals surface area contributed by atoms with Crippen molar-refractivity contribution >= 4 is 23.3 Å². The molecule has 0 fully saturated rings. The van der Waals surface area contributed by atoms with E-state index < -0.39 is 0 Å². The molecule has 0 saturated heterocycles. The molecule has 6 heteroatoms. The largest absolute Gasteiger partial charge is 0.464 e. The maximum Gasteiger partial charge on any atom is 0.354 e. The van der Waals surface area contributed by atoms with Gasteiger partial charge in [0.15, 0.2) is 0 Å². The average Bonchev–Trinajstić information content (AvgIpc) is 2.86. The van der Waals surface area contributed by atoms with Gasteiger partial charge in [-0.15, -0.1) is 0 Å². The summed E-state index contributed by atoms with van der Waals surface area (Å²) in [5.74, 6) is -0.380. The topological polar surface area (TPSA) is 67.0 Å². The number of hydrogen-bond donors (Lipinski definition) is 2. The van der Waals surface area contributed by atoms with Crippen molar-refractivity contribution in [1.82, 2.24) is 9.97 Å². The third-order valence-electron chi connectivity index (χ3n) is 2.36. The first kappa shape index (κ1) is 12.4. The minimum atomic E-state index is -0.380. The number of nitrogens with zero attached hydrogens (tertiary/aromatic N) is 1. The lowest BCUT2D eigenvalue weighted by Crippen LogP contribution is -2.03. The Bertz CT molecular complexity index is 537. The van der Waals surface area contributed by atoms with Gasteiger partial charge in [-0.25, -0.2) is 9.78 Å². The van der Waals surface area contributed by atoms with E-state index in [-0.39, 0.29) is 5.97 Å². The molecule has 94 valence electrons. The van der Waals surface area contributed by atoms with Crippen LogP contribution in [0.1, 0.15) is 16.2 Å². The fourth-order valence-corrected chi connectivity index (χ4v) is 1.56. The summed E-state index contributed by atoms with van der Waals surface area (Å²) >= 11 is 5.69. The molecule has 18 heavy (non-hydrogen) atoms. The highest BCUT2D eigenvalue weighted by molar-refractivity contribution is 6.29. The first-order valence-electron chi connectivity index (χ1n) is 5.30. The van der Waals surface area contributed by atoms with E-state index in [0.29, 0.717) is 17.4 Å². The molecular weight excluding hydrogens is 254 g/mol. The molecule has 0 spiro atoms. The molecule has 0 aliphatic carbocycles. The molecule has 0 radical (unpaired) electrons. The molecule has 0 aliphatic rings. The van der Waals surface area contributed by atoms with Gasteiger partial charge in [0.25, 0.3) is 0 Å². The van der Waals surface area contributed by atoms with E-state index in [1.165, 1.54) is 7.11 Å². The number of aromatic amines is 1. The van der Waals surface area contributed by atoms with Gasteiger partial charge in [0, 0.05) is 5.69 Å². The highest BCUT2D eigenvalue weighted by Crippen LogP contribution is 2.11. The molecule has 2 N–H and O–H groups in total. The van der Waals surface area contributed by atoms with Gasteiger partial charge in [-0.05, 0) is 24.3 Å². The summed E-state index contributed by atoms with van der Waals surface area (Å²) in [6.45, 7) is 0.556. The molecule has 0 bridgehead atoms. The molecule has 0 amide bonds. The molecule has 0 atom stereocenters. The van der Waals surface area contributed by atoms with Gasteiger partial charge in [0.05, 0.1) is 25.5 Å². The van der Waals surface area contributed by atoms with E-state index in [0.717, 1.165) is 11.4 Å². The van der Waals surface area contributed by atoms with Crippen molar-refractivity contribution < 1.29 is 9.53 Å². The number of methoxy groups -OCH3 is 1. The van der Waals surface area contributed by atoms with E-state index >= 15 is 0 Å². The lowest BCUT2D eigenvalue weighted by Gasteiger charge is -2.04. The summed E-state index contributed by atoms with van der Waals surface area (Å²) in [6.07, 6.45) is 1.65. The number of halogens is 1. The average molecular weight is 266 g/mol. The third kappa shape index (κ3) is 3.01. The monoisotopic (exact) mass is 265 g/mol. The van der Waals surface area contributed by atoms with Crippen LogP contribution >= 0.6 is 11.6 Å². The second-order valence-corrected chi connectivity index (χ2v) is 4.00. The van der Waals surface area contributed by atoms with Crippen LogP contribution in [0.2, 0.25) is 5.15 Å². The second kappa shape index (κ2) is 5.55. The van der Waals surface area contributed by atoms with Gasteiger partial charge in [-0.3, -0.25) is 0 Å². The summed E-state index contributed by atoms with van der Waals surface area (Å²) in [4.78, 5) is 18.2. The standard InChI is InChI=1S/C12H12ClN3O2/c1-18-12(17)10-4-2-9(16-10)7-14-8-3-5-11(13)15-6-8/h2-6,14,16H,7H2,1H3. The van der Waals surface area contributed by atoms with E-state index in [1.54, 1.807) is 18.3 Å². The lowest BCUT2D eigenvalue weighted by atomic mass is 10.4. The fourth-order valence-electron chi connectivity index (χ4n) is 1.45. The number of aromatic nitrogens is 2. The number of pyridine rings is 1. The second-order valence-electron chi connectivity index (χ2n) is 3.61. The van der Waals surface area contributed by atoms with E-state index in [2.05, 4.69) is 20.0 Å². The van der Waals surface area contributed by atoms with E-state index in [4.69, 9.17) is 11.6 Å². The Morgan fingerprint density at radius 2 is 2.28 bits per heavy atom. The van der Waals surface area contributed by atoms with Crippen LogP contribution in [0.15, 0.2) is 30.5 Å². The molecule has 2 heterocycles. The number of hydrogen-bond acceptors (Lipinski definition) is 4. The molecular formula is C12H12ClN3O2. The van der Waals surface area contributed by atoms with E-state index in [9.17, 15) is 4.79 Å². The van der Waals surface area contributed by atoms with Crippen molar-refractivity contribution in [2.45, 2.75) is 6.54 Å². The highest BCUT2D eigenvalue weighted by Gasteiger charge is 2.07. The Morgan fingerprint density at radius 3 is 2.94 bits per heavy atom. The zero-order valence-corrected chi connectivity index (χ0v) is 10.5. The number of ether oxygens (including phenoxy) is 1. The normalized spacial score (nSPS) is 10.1. The van der Waals surface area contributed by atoms with Crippen LogP contribution in [0.5, 0.6) is 0 Å².